The van der Waals surface area contributed by atoms with Crippen LogP contribution < -0.4 is 5.73 Å². The first-order chi connectivity index (χ1) is 17.4. The van der Waals surface area contributed by atoms with Crippen LogP contribution in [0.15, 0.2) is 59.4 Å². The molecule has 2 heterocycles. The molecule has 37 heavy (non-hydrogen) atoms. The van der Waals surface area contributed by atoms with E-state index in [0.717, 1.165) is 23.1 Å². The number of oxazole rings is 1. The summed E-state index contributed by atoms with van der Waals surface area (Å²) < 4.78 is 28.0. The van der Waals surface area contributed by atoms with Gasteiger partial charge in [-0.05, 0) is 73.8 Å². The van der Waals surface area contributed by atoms with Gasteiger partial charge in [0, 0.05) is 11.8 Å². The van der Waals surface area contributed by atoms with Gasteiger partial charge < -0.3 is 19.1 Å². The third-order valence-electron chi connectivity index (χ3n) is 7.37. The Morgan fingerprint density at radius 3 is 2.51 bits per heavy atom. The lowest BCUT2D eigenvalue weighted by Gasteiger charge is -2.40. The third-order valence-corrected chi connectivity index (χ3v) is 11.9. The minimum Gasteiger partial charge on any atom is -0.436 e. The van der Waals surface area contributed by atoms with E-state index < -0.39 is 14.2 Å². The van der Waals surface area contributed by atoms with Crippen LogP contribution in [0, 0.1) is 5.82 Å². The summed E-state index contributed by atoms with van der Waals surface area (Å²) in [6.45, 7) is 13.2. The Kier molecular flexibility index (Phi) is 7.39. The molecular formula is C28H35FN4O3Si. The highest BCUT2D eigenvalue weighted by Gasteiger charge is 2.40. The number of para-hydroxylation sites is 1. The van der Waals surface area contributed by atoms with E-state index in [1.165, 1.54) is 12.1 Å². The largest absolute Gasteiger partial charge is 0.436 e. The molecule has 2 aromatic carbocycles. The molecule has 1 amide bonds. The molecule has 7 nitrogen and oxygen atoms in total. The monoisotopic (exact) mass is 522 g/mol. The summed E-state index contributed by atoms with van der Waals surface area (Å²) in [5, 5.41) is 0.0577. The number of hydrogen-bond donors (Lipinski definition) is 1. The Morgan fingerprint density at radius 2 is 1.89 bits per heavy atom. The first-order valence-electron chi connectivity index (χ1n) is 12.5. The van der Waals surface area contributed by atoms with Gasteiger partial charge in [0.2, 0.25) is 5.89 Å². The molecule has 4 aromatic rings. The van der Waals surface area contributed by atoms with Gasteiger partial charge in [-0.1, -0.05) is 32.9 Å². The quantitative estimate of drug-likeness (QED) is 0.253. The highest BCUT2D eigenvalue weighted by atomic mass is 28.4. The molecule has 2 aromatic heterocycles. The van der Waals surface area contributed by atoms with Gasteiger partial charge in [-0.2, -0.15) is 0 Å². The van der Waals surface area contributed by atoms with Gasteiger partial charge >= 0.3 is 0 Å². The number of halogens is 1. The molecule has 0 saturated carbocycles. The van der Waals surface area contributed by atoms with Crippen LogP contribution in [0.1, 0.15) is 56.2 Å². The van der Waals surface area contributed by atoms with Gasteiger partial charge in [-0.25, -0.2) is 14.4 Å². The van der Waals surface area contributed by atoms with Crippen LogP contribution in [0.4, 0.5) is 4.39 Å². The molecule has 0 radical (unpaired) electrons. The Balaban J connectivity index is 1.62. The lowest BCUT2D eigenvalue weighted by molar-refractivity contribution is 0.0995. The van der Waals surface area contributed by atoms with E-state index in [1.54, 1.807) is 24.7 Å². The summed E-state index contributed by atoms with van der Waals surface area (Å²) in [6.07, 6.45) is 4.65. The van der Waals surface area contributed by atoms with Gasteiger partial charge in [0.15, 0.2) is 13.9 Å². The molecule has 2 atom stereocenters. The van der Waals surface area contributed by atoms with Crippen LogP contribution >= 0.6 is 0 Å². The van der Waals surface area contributed by atoms with E-state index in [0.29, 0.717) is 17.9 Å². The van der Waals surface area contributed by atoms with Gasteiger partial charge in [0.05, 0.1) is 18.5 Å². The number of carbonyl (C=O) groups is 1. The topological polar surface area (TPSA) is 96.2 Å². The molecular weight excluding hydrogens is 487 g/mol. The number of nitrogens with zero attached hydrogens (tertiary/aromatic N) is 3. The SMILES string of the molecule is C[C@H](O[Si](C)(C)C(C)(C)C)[C@@H](CCc1cccc2oc(-c3ccc(F)cc3)nc12)n1cnc(C(N)=O)c1. The highest BCUT2D eigenvalue weighted by molar-refractivity contribution is 6.74. The summed E-state index contributed by atoms with van der Waals surface area (Å²) in [4.78, 5) is 20.6. The number of primary amides is 1. The molecule has 0 spiro atoms. The summed E-state index contributed by atoms with van der Waals surface area (Å²) in [6, 6.07) is 11.9. The zero-order valence-electron chi connectivity index (χ0n) is 22.3. The Morgan fingerprint density at radius 1 is 1.19 bits per heavy atom. The second kappa shape index (κ2) is 10.2. The first-order valence-corrected chi connectivity index (χ1v) is 15.4. The van der Waals surface area contributed by atoms with E-state index >= 15 is 0 Å². The molecule has 0 aliphatic carbocycles. The molecule has 0 aliphatic heterocycles. The predicted molar refractivity (Wildman–Crippen MR) is 145 cm³/mol. The Labute approximate surface area is 218 Å². The van der Waals surface area contributed by atoms with Crippen LogP contribution in [0.3, 0.4) is 0 Å². The second-order valence-corrected chi connectivity index (χ2v) is 15.8. The third kappa shape index (κ3) is 5.83. The number of benzene rings is 2. The molecule has 0 fully saturated rings. The molecule has 2 N–H and O–H groups in total. The maximum Gasteiger partial charge on any atom is 0.268 e. The number of imidazole rings is 1. The number of amides is 1. The van der Waals surface area contributed by atoms with E-state index in [1.807, 2.05) is 22.8 Å². The van der Waals surface area contributed by atoms with Crippen molar-refractivity contribution in [1.82, 2.24) is 14.5 Å². The average molecular weight is 523 g/mol. The number of fused-ring (bicyclic) bond motifs is 1. The van der Waals surface area contributed by atoms with Gasteiger partial charge in [0.25, 0.3) is 5.91 Å². The van der Waals surface area contributed by atoms with E-state index in [9.17, 15) is 9.18 Å². The smallest absolute Gasteiger partial charge is 0.268 e. The van der Waals surface area contributed by atoms with Crippen molar-refractivity contribution in [3.8, 4) is 11.5 Å². The van der Waals surface area contributed by atoms with Crippen LogP contribution in [0.5, 0.6) is 0 Å². The summed E-state index contributed by atoms with van der Waals surface area (Å²) in [5.74, 6) is -0.412. The van der Waals surface area contributed by atoms with Gasteiger partial charge in [0.1, 0.15) is 17.0 Å². The van der Waals surface area contributed by atoms with Crippen molar-refractivity contribution < 1.29 is 18.0 Å². The van der Waals surface area contributed by atoms with Crippen LogP contribution in [0.25, 0.3) is 22.6 Å². The first kappa shape index (κ1) is 26.8. The fraction of sp³-hybridized carbons (Fsp3) is 0.393. The van der Waals surface area contributed by atoms with Crippen molar-refractivity contribution in [2.45, 2.75) is 70.8 Å². The summed E-state index contributed by atoms with van der Waals surface area (Å²) in [5.41, 5.74) is 8.91. The van der Waals surface area contributed by atoms with Crippen molar-refractivity contribution in [2.24, 2.45) is 5.73 Å². The number of rotatable bonds is 9. The normalized spacial score (nSPS) is 14.1. The molecule has 4 rings (SSSR count). The summed E-state index contributed by atoms with van der Waals surface area (Å²) >= 11 is 0. The van der Waals surface area contributed by atoms with Gasteiger partial charge in [-0.3, -0.25) is 4.79 Å². The number of aryl methyl sites for hydroxylation is 1. The van der Waals surface area contributed by atoms with Crippen molar-refractivity contribution in [3.63, 3.8) is 0 Å². The van der Waals surface area contributed by atoms with Crippen LogP contribution in [-0.2, 0) is 10.8 Å². The Hall–Kier alpha value is -3.30. The van der Waals surface area contributed by atoms with Crippen LogP contribution in [-0.4, -0.2) is 34.9 Å². The highest BCUT2D eigenvalue weighted by Crippen LogP contribution is 2.39. The maximum absolute atomic E-state index is 13.4. The van der Waals surface area contributed by atoms with E-state index in [-0.39, 0.29) is 28.7 Å². The second-order valence-electron chi connectivity index (χ2n) is 11.0. The maximum atomic E-state index is 13.4. The molecule has 196 valence electrons. The van der Waals surface area contributed by atoms with E-state index in [4.69, 9.17) is 19.6 Å². The van der Waals surface area contributed by atoms with Gasteiger partial charge in [-0.15, -0.1) is 0 Å². The molecule has 0 saturated heterocycles. The van der Waals surface area contributed by atoms with E-state index in [2.05, 4.69) is 45.8 Å². The molecule has 0 unspecified atom stereocenters. The molecule has 0 aliphatic rings. The summed E-state index contributed by atoms with van der Waals surface area (Å²) in [7, 11) is -2.05. The minimum atomic E-state index is -2.05. The number of carbonyl (C=O) groups excluding carboxylic acids is 1. The number of hydrogen-bond acceptors (Lipinski definition) is 5. The van der Waals surface area contributed by atoms with Crippen molar-refractivity contribution in [2.75, 3.05) is 0 Å². The standard InChI is InChI=1S/C28H35FN4O3Si/c1-18(36-37(5,6)28(2,3)4)23(33-16-22(26(30)34)31-17-33)15-12-19-8-7-9-24-25(19)32-27(35-24)20-10-13-21(29)14-11-20/h7-11,13-14,16-18,23H,12,15H2,1-6H3,(H2,30,34)/t18-,23+/m0/s1. The fourth-order valence-electron chi connectivity index (χ4n) is 4.22. The number of nitrogens with two attached hydrogens (primary N) is 1. The molecule has 0 bridgehead atoms. The predicted octanol–water partition coefficient (Wildman–Crippen LogP) is 6.51. The van der Waals surface area contributed by atoms with Crippen molar-refractivity contribution >= 4 is 25.3 Å². The fourth-order valence-corrected chi connectivity index (χ4v) is 5.66. The number of aromatic nitrogens is 3. The zero-order chi connectivity index (χ0) is 27.0. The Bertz CT molecular complexity index is 1390. The zero-order valence-corrected chi connectivity index (χ0v) is 23.3. The molecule has 9 heteroatoms. The van der Waals surface area contributed by atoms with Crippen molar-refractivity contribution in [3.05, 3.63) is 72.1 Å². The average Bonchev–Trinajstić information content (AvgIpc) is 3.47. The lowest BCUT2D eigenvalue weighted by atomic mass is 10.0. The van der Waals surface area contributed by atoms with Crippen molar-refractivity contribution in [1.29, 1.82) is 0 Å². The van der Waals surface area contributed by atoms with Crippen LogP contribution in [0.2, 0.25) is 18.1 Å². The lowest BCUT2D eigenvalue weighted by Crippen LogP contribution is -2.45. The minimum absolute atomic E-state index is 0.0577.